The molecule has 6 nitrogen and oxygen atoms in total. The van der Waals surface area contributed by atoms with Crippen molar-refractivity contribution < 1.29 is 0 Å². The third kappa shape index (κ3) is 5.32. The highest BCUT2D eigenvalue weighted by atomic mass is 15.3. The van der Waals surface area contributed by atoms with Crippen LogP contribution < -0.4 is 10.6 Å². The standard InChI is InChI=1S/C19H30N6/c1-6-15-7-9-16(10-8-15)18(24(3)4)14-22-19(20-2)21-13-17-11-12-23-25(17)5/h7-12,18H,6,13-14H2,1-5H3,(H2,20,21,22). The molecule has 0 spiro atoms. The molecule has 25 heavy (non-hydrogen) atoms. The van der Waals surface area contributed by atoms with Crippen LogP contribution in [0, 0.1) is 0 Å². The van der Waals surface area contributed by atoms with E-state index in [1.807, 2.05) is 17.8 Å². The van der Waals surface area contributed by atoms with Crippen LogP contribution in [0.25, 0.3) is 0 Å². The Morgan fingerprint density at radius 2 is 1.92 bits per heavy atom. The smallest absolute Gasteiger partial charge is 0.191 e. The Labute approximate surface area is 151 Å². The maximum atomic E-state index is 4.32. The first kappa shape index (κ1) is 19.0. The molecule has 0 saturated carbocycles. The number of aromatic nitrogens is 2. The Morgan fingerprint density at radius 1 is 1.20 bits per heavy atom. The van der Waals surface area contributed by atoms with Crippen molar-refractivity contribution in [1.82, 2.24) is 25.3 Å². The number of aryl methyl sites for hydroxylation is 2. The first-order valence-electron chi connectivity index (χ1n) is 8.71. The van der Waals surface area contributed by atoms with Gasteiger partial charge in [-0.05, 0) is 37.7 Å². The van der Waals surface area contributed by atoms with Crippen LogP contribution in [0.4, 0.5) is 0 Å². The zero-order chi connectivity index (χ0) is 18.2. The number of hydrogen-bond acceptors (Lipinski definition) is 3. The number of rotatable bonds is 7. The molecule has 1 heterocycles. The lowest BCUT2D eigenvalue weighted by Crippen LogP contribution is -2.41. The number of guanidine groups is 1. The minimum Gasteiger partial charge on any atom is -0.354 e. The van der Waals surface area contributed by atoms with E-state index in [-0.39, 0.29) is 6.04 Å². The highest BCUT2D eigenvalue weighted by Gasteiger charge is 2.14. The van der Waals surface area contributed by atoms with Crippen LogP contribution in [0.1, 0.15) is 29.8 Å². The SMILES string of the molecule is CCc1ccc(C(CNC(=NC)NCc2ccnn2C)N(C)C)cc1. The molecule has 0 amide bonds. The predicted octanol–water partition coefficient (Wildman–Crippen LogP) is 1.95. The quantitative estimate of drug-likeness (QED) is 0.596. The van der Waals surface area contributed by atoms with Crippen LogP contribution in [-0.2, 0) is 20.0 Å². The van der Waals surface area contributed by atoms with Crippen LogP contribution in [0.5, 0.6) is 0 Å². The van der Waals surface area contributed by atoms with Crippen molar-refractivity contribution in [3.8, 4) is 0 Å². The van der Waals surface area contributed by atoms with E-state index in [2.05, 4.69) is 70.9 Å². The van der Waals surface area contributed by atoms with Gasteiger partial charge in [0, 0.05) is 26.8 Å². The van der Waals surface area contributed by atoms with Gasteiger partial charge in [-0.15, -0.1) is 0 Å². The Bertz CT molecular complexity index is 671. The Balaban J connectivity index is 1.95. The summed E-state index contributed by atoms with van der Waals surface area (Å²) in [5.74, 6) is 0.790. The summed E-state index contributed by atoms with van der Waals surface area (Å²) in [5.41, 5.74) is 3.78. The third-order valence-electron chi connectivity index (χ3n) is 4.44. The van der Waals surface area contributed by atoms with Crippen LogP contribution in [0.15, 0.2) is 41.5 Å². The van der Waals surface area contributed by atoms with Gasteiger partial charge in [-0.2, -0.15) is 5.10 Å². The number of aliphatic imine (C=N–C) groups is 1. The molecule has 1 unspecified atom stereocenters. The van der Waals surface area contributed by atoms with Crippen LogP contribution >= 0.6 is 0 Å². The second-order valence-corrected chi connectivity index (χ2v) is 6.33. The number of nitrogens with zero attached hydrogens (tertiary/aromatic N) is 4. The van der Waals surface area contributed by atoms with Gasteiger partial charge < -0.3 is 15.5 Å². The molecule has 2 aromatic rings. The van der Waals surface area contributed by atoms with Crippen molar-refractivity contribution in [2.24, 2.45) is 12.0 Å². The van der Waals surface area contributed by atoms with Gasteiger partial charge in [0.2, 0.25) is 0 Å². The summed E-state index contributed by atoms with van der Waals surface area (Å²) in [7, 11) is 7.94. The molecule has 0 bridgehead atoms. The van der Waals surface area contributed by atoms with E-state index in [4.69, 9.17) is 0 Å². The van der Waals surface area contributed by atoms with Gasteiger partial charge in [0.15, 0.2) is 5.96 Å². The van der Waals surface area contributed by atoms with Gasteiger partial charge in [-0.3, -0.25) is 9.67 Å². The molecule has 6 heteroatoms. The molecule has 0 saturated heterocycles. The summed E-state index contributed by atoms with van der Waals surface area (Å²) in [6.45, 7) is 3.65. The van der Waals surface area contributed by atoms with Crippen molar-refractivity contribution in [3.63, 3.8) is 0 Å². The van der Waals surface area contributed by atoms with Crippen LogP contribution in [0.2, 0.25) is 0 Å². The molecule has 1 aromatic heterocycles. The number of likely N-dealkylation sites (N-methyl/N-ethyl adjacent to an activating group) is 1. The molecule has 0 aliphatic heterocycles. The molecule has 136 valence electrons. The third-order valence-corrected chi connectivity index (χ3v) is 4.44. The van der Waals surface area contributed by atoms with E-state index in [9.17, 15) is 0 Å². The summed E-state index contributed by atoms with van der Waals surface area (Å²) in [6.07, 6.45) is 2.87. The fourth-order valence-corrected chi connectivity index (χ4v) is 2.74. The van der Waals surface area contributed by atoms with Crippen molar-refractivity contribution in [1.29, 1.82) is 0 Å². The summed E-state index contributed by atoms with van der Waals surface area (Å²) < 4.78 is 1.86. The molecule has 0 aliphatic rings. The fourth-order valence-electron chi connectivity index (χ4n) is 2.74. The highest BCUT2D eigenvalue weighted by Crippen LogP contribution is 2.18. The zero-order valence-electron chi connectivity index (χ0n) is 16.0. The van der Waals surface area contributed by atoms with E-state index < -0.39 is 0 Å². The molecule has 0 radical (unpaired) electrons. The van der Waals surface area contributed by atoms with Gasteiger partial charge in [0.1, 0.15) is 0 Å². The lowest BCUT2D eigenvalue weighted by atomic mass is 10.0. The highest BCUT2D eigenvalue weighted by molar-refractivity contribution is 5.79. The normalized spacial score (nSPS) is 13.1. The summed E-state index contributed by atoms with van der Waals surface area (Å²) in [6, 6.07) is 11.1. The zero-order valence-corrected chi connectivity index (χ0v) is 16.0. The first-order valence-corrected chi connectivity index (χ1v) is 8.71. The van der Waals surface area contributed by atoms with Crippen molar-refractivity contribution in [2.45, 2.75) is 25.9 Å². The Kier molecular flexibility index (Phi) is 7.01. The van der Waals surface area contributed by atoms with E-state index in [1.165, 1.54) is 11.1 Å². The van der Waals surface area contributed by atoms with Crippen molar-refractivity contribution in [3.05, 3.63) is 53.3 Å². The number of hydrogen-bond donors (Lipinski definition) is 2. The number of benzene rings is 1. The predicted molar refractivity (Wildman–Crippen MR) is 104 cm³/mol. The van der Waals surface area contributed by atoms with Crippen LogP contribution in [-0.4, -0.2) is 48.3 Å². The monoisotopic (exact) mass is 342 g/mol. The van der Waals surface area contributed by atoms with Gasteiger partial charge >= 0.3 is 0 Å². The maximum Gasteiger partial charge on any atom is 0.191 e. The fraction of sp³-hybridized carbons (Fsp3) is 0.474. The summed E-state index contributed by atoms with van der Waals surface area (Å²) in [5, 5.41) is 10.9. The van der Waals surface area contributed by atoms with E-state index in [1.54, 1.807) is 13.2 Å². The van der Waals surface area contributed by atoms with E-state index in [0.717, 1.165) is 24.6 Å². The van der Waals surface area contributed by atoms with Gasteiger partial charge in [0.05, 0.1) is 18.3 Å². The molecule has 0 fully saturated rings. The molecular weight excluding hydrogens is 312 g/mol. The average Bonchev–Trinajstić information content (AvgIpc) is 3.03. The topological polar surface area (TPSA) is 57.5 Å². The molecule has 1 atom stereocenters. The Hall–Kier alpha value is -2.34. The van der Waals surface area contributed by atoms with E-state index in [0.29, 0.717) is 6.54 Å². The lowest BCUT2D eigenvalue weighted by Gasteiger charge is -2.26. The average molecular weight is 342 g/mol. The molecular formula is C19H30N6. The van der Waals surface area contributed by atoms with Crippen molar-refractivity contribution in [2.75, 3.05) is 27.7 Å². The van der Waals surface area contributed by atoms with Gasteiger partial charge in [0.25, 0.3) is 0 Å². The second-order valence-electron chi connectivity index (χ2n) is 6.33. The largest absolute Gasteiger partial charge is 0.354 e. The van der Waals surface area contributed by atoms with Gasteiger partial charge in [-0.25, -0.2) is 0 Å². The molecule has 2 N–H and O–H groups in total. The molecule has 2 rings (SSSR count). The maximum absolute atomic E-state index is 4.32. The summed E-state index contributed by atoms with van der Waals surface area (Å²) >= 11 is 0. The Morgan fingerprint density at radius 3 is 2.44 bits per heavy atom. The van der Waals surface area contributed by atoms with Gasteiger partial charge in [-0.1, -0.05) is 31.2 Å². The summed E-state index contributed by atoms with van der Waals surface area (Å²) in [4.78, 5) is 6.54. The second kappa shape index (κ2) is 9.22. The molecule has 0 aliphatic carbocycles. The minimum absolute atomic E-state index is 0.279. The van der Waals surface area contributed by atoms with E-state index >= 15 is 0 Å². The molecule has 1 aromatic carbocycles. The van der Waals surface area contributed by atoms with Crippen molar-refractivity contribution >= 4 is 5.96 Å². The minimum atomic E-state index is 0.279. The first-order chi connectivity index (χ1) is 12.0. The number of nitrogens with one attached hydrogen (secondary N) is 2. The lowest BCUT2D eigenvalue weighted by molar-refractivity contribution is 0.298. The van der Waals surface area contributed by atoms with Crippen LogP contribution in [0.3, 0.4) is 0 Å².